The first-order valence-corrected chi connectivity index (χ1v) is 12.7. The first kappa shape index (κ1) is 22.3. The highest BCUT2D eigenvalue weighted by Gasteiger charge is 2.53. The lowest BCUT2D eigenvalue weighted by Crippen LogP contribution is -2.36. The summed E-state index contributed by atoms with van der Waals surface area (Å²) in [6.07, 6.45) is -0.189. The van der Waals surface area contributed by atoms with Crippen LogP contribution in [0.3, 0.4) is 0 Å². The van der Waals surface area contributed by atoms with Crippen LogP contribution in [0, 0.1) is 0 Å². The molecule has 2 aliphatic heterocycles. The Hall–Kier alpha value is -2.55. The number of hydrogen-bond donors (Lipinski definition) is 0. The Morgan fingerprint density at radius 1 is 0.788 bits per heavy atom. The Labute approximate surface area is 194 Å². The first-order chi connectivity index (χ1) is 16.1. The van der Waals surface area contributed by atoms with Crippen LogP contribution < -0.4 is 0 Å². The van der Waals surface area contributed by atoms with Gasteiger partial charge in [0.15, 0.2) is 5.44 Å². The number of sulfone groups is 1. The Bertz CT molecular complexity index is 1140. The van der Waals surface area contributed by atoms with Crippen LogP contribution in [0.4, 0.5) is 0 Å². The van der Waals surface area contributed by atoms with Crippen LogP contribution in [-0.2, 0) is 37.4 Å². The molecular formula is C26H27NO5S. The minimum absolute atomic E-state index is 0.196. The second kappa shape index (κ2) is 9.75. The van der Waals surface area contributed by atoms with E-state index in [9.17, 15) is 8.42 Å². The first-order valence-electron chi connectivity index (χ1n) is 11.1. The summed E-state index contributed by atoms with van der Waals surface area (Å²) in [6, 6.07) is 28.2. The number of rotatable bonds is 8. The molecule has 2 saturated heterocycles. The van der Waals surface area contributed by atoms with Crippen molar-refractivity contribution in [2.45, 2.75) is 48.2 Å². The number of benzene rings is 3. The van der Waals surface area contributed by atoms with Gasteiger partial charge in [-0.15, -0.1) is 0 Å². The zero-order valence-corrected chi connectivity index (χ0v) is 19.0. The molecule has 0 amide bonds. The van der Waals surface area contributed by atoms with E-state index in [1.165, 1.54) is 0 Å². The molecule has 5 rings (SSSR count). The summed E-state index contributed by atoms with van der Waals surface area (Å²) in [5, 5.41) is 1.75. The van der Waals surface area contributed by atoms with E-state index < -0.39 is 15.3 Å². The van der Waals surface area contributed by atoms with Crippen LogP contribution in [0.1, 0.15) is 17.5 Å². The highest BCUT2D eigenvalue weighted by atomic mass is 32.2. The van der Waals surface area contributed by atoms with Crippen LogP contribution in [0.15, 0.2) is 95.9 Å². The highest BCUT2D eigenvalue weighted by molar-refractivity contribution is 7.92. The zero-order valence-electron chi connectivity index (χ0n) is 18.2. The summed E-state index contributed by atoms with van der Waals surface area (Å²) in [7, 11) is -3.60. The smallest absolute Gasteiger partial charge is 0.207 e. The molecule has 6 nitrogen and oxygen atoms in total. The Balaban J connectivity index is 1.31. The summed E-state index contributed by atoms with van der Waals surface area (Å²) in [5.41, 5.74) is 1.21. The molecule has 7 heteroatoms. The molecule has 0 aromatic heterocycles. The van der Waals surface area contributed by atoms with Gasteiger partial charge >= 0.3 is 0 Å². The molecule has 0 spiro atoms. The minimum Gasteiger partial charge on any atom is -0.369 e. The molecule has 0 unspecified atom stereocenters. The monoisotopic (exact) mass is 465 g/mol. The number of hydroxylamine groups is 2. The van der Waals surface area contributed by atoms with Gasteiger partial charge in [-0.2, -0.15) is 5.06 Å². The van der Waals surface area contributed by atoms with Crippen molar-refractivity contribution in [2.24, 2.45) is 0 Å². The van der Waals surface area contributed by atoms with Crippen molar-refractivity contribution in [1.82, 2.24) is 5.06 Å². The molecule has 3 aromatic rings. The summed E-state index contributed by atoms with van der Waals surface area (Å²) in [4.78, 5) is 6.23. The zero-order chi connectivity index (χ0) is 22.7. The fraction of sp³-hybridized carbons (Fsp3) is 0.308. The molecule has 0 N–H and O–H groups in total. The topological polar surface area (TPSA) is 65.1 Å². The lowest BCUT2D eigenvalue weighted by molar-refractivity contribution is -0.136. The molecule has 2 fully saturated rings. The summed E-state index contributed by atoms with van der Waals surface area (Å²) < 4.78 is 38.8. The van der Waals surface area contributed by atoms with E-state index in [1.54, 1.807) is 35.4 Å². The molecule has 172 valence electrons. The number of ether oxygens (including phenoxy) is 2. The minimum atomic E-state index is -3.60. The maximum atomic E-state index is 13.1. The maximum Gasteiger partial charge on any atom is 0.207 e. The molecule has 33 heavy (non-hydrogen) atoms. The normalized spacial score (nSPS) is 25.2. The van der Waals surface area contributed by atoms with Crippen LogP contribution >= 0.6 is 0 Å². The number of fused-ring (bicyclic) bond motifs is 1. The van der Waals surface area contributed by atoms with E-state index in [1.807, 2.05) is 60.7 Å². The van der Waals surface area contributed by atoms with Gasteiger partial charge in [0, 0.05) is 6.42 Å². The molecule has 0 radical (unpaired) electrons. The van der Waals surface area contributed by atoms with Crippen molar-refractivity contribution in [3.8, 4) is 0 Å². The molecule has 3 aromatic carbocycles. The second-order valence-corrected chi connectivity index (χ2v) is 10.5. The fourth-order valence-electron chi connectivity index (χ4n) is 4.45. The van der Waals surface area contributed by atoms with Crippen LogP contribution in [0.5, 0.6) is 0 Å². The van der Waals surface area contributed by atoms with E-state index >= 15 is 0 Å². The van der Waals surface area contributed by atoms with Crippen molar-refractivity contribution < 1.29 is 22.7 Å². The third-order valence-electron chi connectivity index (χ3n) is 6.17. The predicted molar refractivity (Wildman–Crippen MR) is 124 cm³/mol. The largest absolute Gasteiger partial charge is 0.369 e. The van der Waals surface area contributed by atoms with Gasteiger partial charge in [0.1, 0.15) is 12.2 Å². The Kier molecular flexibility index (Phi) is 6.57. The average molecular weight is 466 g/mol. The van der Waals surface area contributed by atoms with E-state index in [0.717, 1.165) is 11.1 Å². The Morgan fingerprint density at radius 2 is 1.33 bits per heavy atom. The predicted octanol–water partition coefficient (Wildman–Crippen LogP) is 3.98. The van der Waals surface area contributed by atoms with E-state index in [-0.39, 0.29) is 23.1 Å². The summed E-state index contributed by atoms with van der Waals surface area (Å²) in [6.45, 7) is 1.35. The third kappa shape index (κ3) is 4.88. The van der Waals surface area contributed by atoms with E-state index in [2.05, 4.69) is 0 Å². The van der Waals surface area contributed by atoms with Gasteiger partial charge in [0.2, 0.25) is 9.84 Å². The quantitative estimate of drug-likeness (QED) is 0.502. The van der Waals surface area contributed by atoms with Gasteiger partial charge < -0.3 is 9.47 Å². The second-order valence-electron chi connectivity index (χ2n) is 8.39. The van der Waals surface area contributed by atoms with Gasteiger partial charge in [0.05, 0.1) is 30.7 Å². The van der Waals surface area contributed by atoms with Crippen LogP contribution in [0.25, 0.3) is 0 Å². The van der Waals surface area contributed by atoms with Crippen molar-refractivity contribution in [1.29, 1.82) is 0 Å². The van der Waals surface area contributed by atoms with Crippen LogP contribution in [0.2, 0.25) is 0 Å². The average Bonchev–Trinajstić information content (AvgIpc) is 3.42. The SMILES string of the molecule is O=S(=O)(c1ccccc1)[C@@H]1C[C@H]2[C@H](OCc3ccccc3)[C@@H](OCc3ccccc3)CN2O1. The maximum absolute atomic E-state index is 13.1. The van der Waals surface area contributed by atoms with Crippen LogP contribution in [-0.4, -0.2) is 43.7 Å². The van der Waals surface area contributed by atoms with Gasteiger partial charge in [-0.25, -0.2) is 8.42 Å². The number of hydrogen-bond acceptors (Lipinski definition) is 6. The van der Waals surface area contributed by atoms with Gasteiger partial charge in [-0.1, -0.05) is 78.9 Å². The van der Waals surface area contributed by atoms with E-state index in [0.29, 0.717) is 26.2 Å². The molecule has 2 heterocycles. The lowest BCUT2D eigenvalue weighted by atomic mass is 10.1. The van der Waals surface area contributed by atoms with Gasteiger partial charge in [-0.3, -0.25) is 4.84 Å². The highest BCUT2D eigenvalue weighted by Crippen LogP contribution is 2.38. The lowest BCUT2D eigenvalue weighted by Gasteiger charge is -2.24. The Morgan fingerprint density at radius 3 is 1.94 bits per heavy atom. The molecular weight excluding hydrogens is 438 g/mol. The van der Waals surface area contributed by atoms with Gasteiger partial charge in [-0.05, 0) is 23.3 Å². The molecule has 0 bridgehead atoms. The van der Waals surface area contributed by atoms with Crippen molar-refractivity contribution >= 4 is 9.84 Å². The third-order valence-corrected chi connectivity index (χ3v) is 8.07. The molecule has 4 atom stereocenters. The van der Waals surface area contributed by atoms with Crippen molar-refractivity contribution in [2.75, 3.05) is 6.54 Å². The molecule has 0 saturated carbocycles. The fourth-order valence-corrected chi connectivity index (χ4v) is 5.96. The molecule has 2 aliphatic rings. The van der Waals surface area contributed by atoms with E-state index in [4.69, 9.17) is 14.3 Å². The standard InChI is InChI=1S/C26H27NO5S/c28-33(29,22-14-8-3-9-15-22)25-16-23-26(31-19-21-12-6-2-7-13-21)24(17-27(23)32-25)30-18-20-10-4-1-5-11-20/h1-15,23-26H,16-19H2/t23-,24-,25+,26-/m0/s1. The summed E-state index contributed by atoms with van der Waals surface area (Å²) in [5.74, 6) is 0. The van der Waals surface area contributed by atoms with Crippen molar-refractivity contribution in [3.63, 3.8) is 0 Å². The van der Waals surface area contributed by atoms with Gasteiger partial charge in [0.25, 0.3) is 0 Å². The number of nitrogens with zero attached hydrogens (tertiary/aromatic N) is 1. The summed E-state index contributed by atoms with van der Waals surface area (Å²) >= 11 is 0. The van der Waals surface area contributed by atoms with Crippen molar-refractivity contribution in [3.05, 3.63) is 102 Å². The molecule has 0 aliphatic carbocycles.